The minimum atomic E-state index is -0.549. The lowest BCUT2D eigenvalue weighted by molar-refractivity contribution is 0.0517. The first kappa shape index (κ1) is 25.0. The molecule has 0 aliphatic carbocycles. The molecule has 2 aromatic heterocycles. The first-order valence-corrected chi connectivity index (χ1v) is 12.5. The Kier molecular flexibility index (Phi) is 7.09. The Morgan fingerprint density at radius 3 is 2.32 bits per heavy atom. The first-order chi connectivity index (χ1) is 18.6. The zero-order valence-electron chi connectivity index (χ0n) is 21.3. The van der Waals surface area contributed by atoms with Gasteiger partial charge in [0.25, 0.3) is 0 Å². The van der Waals surface area contributed by atoms with E-state index in [9.17, 15) is 14.4 Å². The number of carbonyl (C=O) groups is 1. The van der Waals surface area contributed by atoms with Gasteiger partial charge in [0.05, 0.1) is 25.6 Å². The lowest BCUT2D eigenvalue weighted by Crippen LogP contribution is -2.31. The van der Waals surface area contributed by atoms with E-state index in [1.165, 1.54) is 11.8 Å². The number of esters is 1. The molecule has 5 rings (SSSR count). The summed E-state index contributed by atoms with van der Waals surface area (Å²) in [5, 5.41) is 4.54. The summed E-state index contributed by atoms with van der Waals surface area (Å²) in [6, 6.07) is 11.1. The van der Waals surface area contributed by atoms with Gasteiger partial charge < -0.3 is 19.3 Å². The van der Waals surface area contributed by atoms with Crippen molar-refractivity contribution in [3.8, 4) is 11.6 Å². The molecule has 194 valence electrons. The van der Waals surface area contributed by atoms with Crippen LogP contribution < -0.4 is 14.5 Å². The monoisotopic (exact) mass is 513 g/mol. The Morgan fingerprint density at radius 2 is 1.68 bits per heavy atom. The molecule has 0 spiro atoms. The molecule has 10 nitrogen and oxygen atoms in total. The molecule has 4 heterocycles. The van der Waals surface area contributed by atoms with Crippen molar-refractivity contribution in [3.63, 3.8) is 0 Å². The van der Waals surface area contributed by atoms with Gasteiger partial charge in [-0.05, 0) is 62.9 Å². The van der Waals surface area contributed by atoms with Crippen molar-refractivity contribution >= 4 is 34.9 Å². The fraction of sp³-hybridized carbons (Fsp3) is 0.321. The van der Waals surface area contributed by atoms with Gasteiger partial charge in [0, 0.05) is 36.1 Å². The van der Waals surface area contributed by atoms with Gasteiger partial charge in [-0.2, -0.15) is 5.10 Å². The predicted octanol–water partition coefficient (Wildman–Crippen LogP) is 3.39. The number of piperidine rings is 1. The summed E-state index contributed by atoms with van der Waals surface area (Å²) in [7, 11) is 1.52. The Labute approximate surface area is 219 Å². The number of rotatable bonds is 6. The molecular weight excluding hydrogens is 486 g/mol. The van der Waals surface area contributed by atoms with Crippen molar-refractivity contribution in [1.82, 2.24) is 14.8 Å². The number of anilines is 2. The molecule has 0 atom stereocenters. The van der Waals surface area contributed by atoms with E-state index in [4.69, 9.17) is 9.47 Å². The second kappa shape index (κ2) is 10.8. The summed E-state index contributed by atoms with van der Waals surface area (Å²) in [4.78, 5) is 44.7. The van der Waals surface area contributed by atoms with E-state index in [0.717, 1.165) is 30.8 Å². The SMILES string of the molecule is CCOC(=O)c1nn(-c2ccc(OC)nc2)c2c1CCN(c1ccc(N3CCCCC3=C=O)cc1)C2=C=O. The molecule has 0 unspecified atom stereocenters. The topological polar surface area (TPSA) is 107 Å². The highest BCUT2D eigenvalue weighted by molar-refractivity contribution is 6.00. The molecule has 10 heteroatoms. The molecule has 1 saturated heterocycles. The smallest absolute Gasteiger partial charge is 0.359 e. The number of carbonyl (C=O) groups excluding carboxylic acids is 3. The van der Waals surface area contributed by atoms with Crippen LogP contribution in [0, 0.1) is 0 Å². The zero-order chi connectivity index (χ0) is 26.6. The van der Waals surface area contributed by atoms with Crippen molar-refractivity contribution < 1.29 is 23.9 Å². The first-order valence-electron chi connectivity index (χ1n) is 12.5. The molecular formula is C28H27N5O5. The van der Waals surface area contributed by atoms with Crippen molar-refractivity contribution in [1.29, 1.82) is 0 Å². The normalized spacial score (nSPS) is 15.0. The van der Waals surface area contributed by atoms with E-state index in [0.29, 0.717) is 47.9 Å². The number of hydrogen-bond donors (Lipinski definition) is 0. The third kappa shape index (κ3) is 4.47. The maximum Gasteiger partial charge on any atom is 0.359 e. The third-order valence-corrected chi connectivity index (χ3v) is 6.77. The molecule has 2 aliphatic rings. The average Bonchev–Trinajstić information content (AvgIpc) is 3.37. The summed E-state index contributed by atoms with van der Waals surface area (Å²) in [5.41, 5.74) is 4.41. The Bertz CT molecular complexity index is 1450. The van der Waals surface area contributed by atoms with E-state index in [1.54, 1.807) is 25.3 Å². The molecule has 0 amide bonds. The van der Waals surface area contributed by atoms with Gasteiger partial charge in [-0.3, -0.25) is 0 Å². The van der Waals surface area contributed by atoms with E-state index < -0.39 is 5.97 Å². The average molecular weight is 514 g/mol. The van der Waals surface area contributed by atoms with Crippen LogP contribution in [0.1, 0.15) is 47.9 Å². The summed E-state index contributed by atoms with van der Waals surface area (Å²) in [5.74, 6) is 4.04. The van der Waals surface area contributed by atoms with Crippen molar-refractivity contribution in [3.05, 3.63) is 65.2 Å². The number of allylic oxidation sites excluding steroid dienone is 1. The fourth-order valence-electron chi connectivity index (χ4n) is 4.96. The minimum Gasteiger partial charge on any atom is -0.481 e. The second-order valence-corrected chi connectivity index (χ2v) is 8.89. The quantitative estimate of drug-likeness (QED) is 0.362. The summed E-state index contributed by atoms with van der Waals surface area (Å²) >= 11 is 0. The van der Waals surface area contributed by atoms with Gasteiger partial charge in [0.2, 0.25) is 5.88 Å². The van der Waals surface area contributed by atoms with Gasteiger partial charge in [-0.25, -0.2) is 24.0 Å². The van der Waals surface area contributed by atoms with Crippen LogP contribution in [0.25, 0.3) is 11.4 Å². The molecule has 0 N–H and O–H groups in total. The van der Waals surface area contributed by atoms with E-state index >= 15 is 0 Å². The third-order valence-electron chi connectivity index (χ3n) is 6.77. The lowest BCUT2D eigenvalue weighted by atomic mass is 10.0. The van der Waals surface area contributed by atoms with Crippen LogP contribution in [0.3, 0.4) is 0 Å². The number of aromatic nitrogens is 3. The molecule has 1 fully saturated rings. The standard InChI is InChI=1S/C28H27N5O5/c1-3-38-28(36)26-23-13-15-32(20-9-7-19(8-10-20)31-14-5-4-6-22(31)17-34)24(18-35)27(23)33(30-26)21-11-12-25(37-2)29-16-21/h7-12,16H,3-6,13-15H2,1-2H3. The number of hydrogen-bond acceptors (Lipinski definition) is 9. The van der Waals surface area contributed by atoms with Crippen molar-refractivity contribution in [2.45, 2.75) is 32.6 Å². The van der Waals surface area contributed by atoms with Gasteiger partial charge in [0.1, 0.15) is 17.3 Å². The number of methoxy groups -OCH3 is 1. The highest BCUT2D eigenvalue weighted by atomic mass is 16.5. The maximum atomic E-state index is 12.8. The number of ether oxygens (including phenoxy) is 2. The molecule has 0 bridgehead atoms. The number of pyridine rings is 1. The van der Waals surface area contributed by atoms with Crippen LogP contribution in [-0.4, -0.2) is 59.4 Å². The van der Waals surface area contributed by atoms with E-state index in [2.05, 4.69) is 22.0 Å². The van der Waals surface area contributed by atoms with Crippen molar-refractivity contribution in [2.24, 2.45) is 0 Å². The maximum absolute atomic E-state index is 12.8. The largest absolute Gasteiger partial charge is 0.481 e. The highest BCUT2D eigenvalue weighted by Crippen LogP contribution is 2.36. The van der Waals surface area contributed by atoms with Gasteiger partial charge >= 0.3 is 5.97 Å². The molecule has 3 aromatic rings. The van der Waals surface area contributed by atoms with Crippen LogP contribution in [0.2, 0.25) is 0 Å². The van der Waals surface area contributed by atoms with Gasteiger partial charge in [-0.15, -0.1) is 0 Å². The molecule has 2 aliphatic heterocycles. The van der Waals surface area contributed by atoms with Crippen LogP contribution in [0.4, 0.5) is 11.4 Å². The molecule has 38 heavy (non-hydrogen) atoms. The van der Waals surface area contributed by atoms with E-state index in [1.807, 2.05) is 34.1 Å². The van der Waals surface area contributed by atoms with Gasteiger partial charge in [-0.1, -0.05) is 0 Å². The summed E-state index contributed by atoms with van der Waals surface area (Å²) in [6.45, 7) is 3.15. The van der Waals surface area contributed by atoms with Crippen LogP contribution >= 0.6 is 0 Å². The Hall–Kier alpha value is -4.65. The Balaban J connectivity index is 1.54. The van der Waals surface area contributed by atoms with Gasteiger partial charge in [0.15, 0.2) is 17.3 Å². The fourth-order valence-corrected chi connectivity index (χ4v) is 4.96. The Morgan fingerprint density at radius 1 is 0.947 bits per heavy atom. The summed E-state index contributed by atoms with van der Waals surface area (Å²) in [6.07, 6.45) is 4.73. The molecule has 0 radical (unpaired) electrons. The number of nitrogens with zero attached hydrogens (tertiary/aromatic N) is 5. The van der Waals surface area contributed by atoms with Crippen LogP contribution in [0.5, 0.6) is 5.88 Å². The molecule has 0 saturated carbocycles. The minimum absolute atomic E-state index is 0.165. The lowest BCUT2D eigenvalue weighted by Gasteiger charge is -2.32. The second-order valence-electron chi connectivity index (χ2n) is 8.89. The number of benzene rings is 1. The van der Waals surface area contributed by atoms with Crippen molar-refractivity contribution in [2.75, 3.05) is 36.6 Å². The molecule has 1 aromatic carbocycles. The highest BCUT2D eigenvalue weighted by Gasteiger charge is 2.34. The summed E-state index contributed by atoms with van der Waals surface area (Å²) < 4.78 is 11.9. The van der Waals surface area contributed by atoms with E-state index in [-0.39, 0.29) is 18.0 Å². The van der Waals surface area contributed by atoms with Crippen LogP contribution in [-0.2, 0) is 20.7 Å². The zero-order valence-corrected chi connectivity index (χ0v) is 21.3. The number of fused-ring (bicyclic) bond motifs is 1. The predicted molar refractivity (Wildman–Crippen MR) is 141 cm³/mol. The van der Waals surface area contributed by atoms with Crippen LogP contribution in [0.15, 0.2) is 48.3 Å².